The van der Waals surface area contributed by atoms with Gasteiger partial charge in [0.05, 0.1) is 10.0 Å². The maximum atomic E-state index is 12.7. The van der Waals surface area contributed by atoms with Crippen molar-refractivity contribution in [1.29, 1.82) is 0 Å². The first-order valence-corrected chi connectivity index (χ1v) is 10.9. The highest BCUT2D eigenvalue weighted by Crippen LogP contribution is 2.29. The normalized spacial score (nSPS) is 16.0. The van der Waals surface area contributed by atoms with E-state index < -0.39 is 10.0 Å². The lowest BCUT2D eigenvalue weighted by Gasteiger charge is -2.33. The van der Waals surface area contributed by atoms with Crippen molar-refractivity contribution in [2.75, 3.05) is 31.1 Å². The Morgan fingerprint density at radius 1 is 1.04 bits per heavy atom. The van der Waals surface area contributed by atoms with Gasteiger partial charge < -0.3 is 4.90 Å². The van der Waals surface area contributed by atoms with E-state index in [2.05, 4.69) is 15.5 Å². The third-order valence-corrected chi connectivity index (χ3v) is 7.99. The van der Waals surface area contributed by atoms with Crippen LogP contribution in [0.4, 0.5) is 5.95 Å². The standard InChI is InChI=1S/C16H17ClN6O2S2/c1-12-2-4-13(5-3-12)23-16(18-19-20-23)21-8-10-22(11-9-21)27(24,25)15-7-6-14(17)26-15/h2-7H,8-11H2,1H3. The predicted octanol–water partition coefficient (Wildman–Crippen LogP) is 2.20. The Morgan fingerprint density at radius 2 is 1.74 bits per heavy atom. The van der Waals surface area contributed by atoms with Crippen LogP contribution in [0.2, 0.25) is 4.34 Å². The SMILES string of the molecule is Cc1ccc(-n2nnnc2N2CCN(S(=O)(=O)c3ccc(Cl)s3)CC2)cc1. The molecule has 1 aromatic carbocycles. The number of aryl methyl sites for hydroxylation is 1. The topological polar surface area (TPSA) is 84.2 Å². The second-order valence-electron chi connectivity index (χ2n) is 6.18. The summed E-state index contributed by atoms with van der Waals surface area (Å²) in [6.07, 6.45) is 0. The van der Waals surface area contributed by atoms with Gasteiger partial charge in [-0.05, 0) is 41.6 Å². The molecule has 3 heterocycles. The molecule has 4 rings (SSSR count). The van der Waals surface area contributed by atoms with Crippen LogP contribution in [0, 0.1) is 6.92 Å². The molecule has 0 saturated carbocycles. The molecule has 3 aromatic rings. The molecule has 27 heavy (non-hydrogen) atoms. The summed E-state index contributed by atoms with van der Waals surface area (Å²) in [5.41, 5.74) is 2.02. The van der Waals surface area contributed by atoms with Crippen molar-refractivity contribution in [2.45, 2.75) is 11.1 Å². The summed E-state index contributed by atoms with van der Waals surface area (Å²) >= 11 is 6.96. The molecule has 0 atom stereocenters. The minimum Gasteiger partial charge on any atom is -0.337 e. The maximum Gasteiger partial charge on any atom is 0.252 e. The van der Waals surface area contributed by atoms with Crippen LogP contribution in [0.25, 0.3) is 5.69 Å². The molecule has 2 aromatic heterocycles. The number of benzene rings is 1. The van der Waals surface area contributed by atoms with Gasteiger partial charge in [0.1, 0.15) is 4.21 Å². The fraction of sp³-hybridized carbons (Fsp3) is 0.312. The Labute approximate surface area is 166 Å². The van der Waals surface area contributed by atoms with Gasteiger partial charge in [0.25, 0.3) is 10.0 Å². The number of halogens is 1. The lowest BCUT2D eigenvalue weighted by molar-refractivity contribution is 0.382. The quantitative estimate of drug-likeness (QED) is 0.638. The van der Waals surface area contributed by atoms with Crippen molar-refractivity contribution in [1.82, 2.24) is 24.5 Å². The van der Waals surface area contributed by atoms with E-state index in [4.69, 9.17) is 11.6 Å². The van der Waals surface area contributed by atoms with Crippen molar-refractivity contribution in [3.8, 4) is 5.69 Å². The number of aromatic nitrogens is 4. The van der Waals surface area contributed by atoms with Crippen molar-refractivity contribution in [3.05, 3.63) is 46.3 Å². The molecule has 0 unspecified atom stereocenters. The molecule has 0 radical (unpaired) electrons. The fourth-order valence-corrected chi connectivity index (χ4v) is 5.98. The van der Waals surface area contributed by atoms with Gasteiger partial charge in [-0.15, -0.1) is 11.3 Å². The zero-order chi connectivity index (χ0) is 19.0. The van der Waals surface area contributed by atoms with E-state index in [0.29, 0.717) is 36.5 Å². The van der Waals surface area contributed by atoms with E-state index >= 15 is 0 Å². The molecule has 0 bridgehead atoms. The predicted molar refractivity (Wildman–Crippen MR) is 104 cm³/mol. The minimum atomic E-state index is -3.52. The first-order valence-electron chi connectivity index (χ1n) is 8.31. The fourth-order valence-electron chi connectivity index (χ4n) is 2.92. The van der Waals surface area contributed by atoms with Crippen molar-refractivity contribution in [2.24, 2.45) is 0 Å². The van der Waals surface area contributed by atoms with Gasteiger partial charge >= 0.3 is 0 Å². The van der Waals surface area contributed by atoms with E-state index in [9.17, 15) is 8.42 Å². The minimum absolute atomic E-state index is 0.269. The van der Waals surface area contributed by atoms with Gasteiger partial charge in [-0.3, -0.25) is 0 Å². The number of tetrazole rings is 1. The van der Waals surface area contributed by atoms with E-state index in [1.165, 1.54) is 4.31 Å². The first kappa shape index (κ1) is 18.4. The molecule has 0 spiro atoms. The van der Waals surface area contributed by atoms with E-state index in [1.54, 1.807) is 16.8 Å². The summed E-state index contributed by atoms with van der Waals surface area (Å²) in [7, 11) is -3.52. The van der Waals surface area contributed by atoms with Gasteiger partial charge in [0.2, 0.25) is 5.95 Å². The molecule has 8 nitrogen and oxygen atoms in total. The molecule has 0 N–H and O–H groups in total. The Bertz CT molecular complexity index is 1040. The number of anilines is 1. The highest BCUT2D eigenvalue weighted by atomic mass is 35.5. The summed E-state index contributed by atoms with van der Waals surface area (Å²) < 4.78 is 29.3. The highest BCUT2D eigenvalue weighted by Gasteiger charge is 2.31. The Hall–Kier alpha value is -2.01. The van der Waals surface area contributed by atoms with Crippen LogP contribution >= 0.6 is 22.9 Å². The van der Waals surface area contributed by atoms with E-state index in [-0.39, 0.29) is 4.21 Å². The number of hydrogen-bond donors (Lipinski definition) is 0. The van der Waals surface area contributed by atoms with Crippen LogP contribution in [-0.4, -0.2) is 59.1 Å². The molecule has 0 amide bonds. The number of sulfonamides is 1. The lowest BCUT2D eigenvalue weighted by Crippen LogP contribution is -2.49. The molecule has 1 saturated heterocycles. The number of thiophene rings is 1. The number of rotatable bonds is 4. The summed E-state index contributed by atoms with van der Waals surface area (Å²) in [6, 6.07) is 11.1. The maximum absolute atomic E-state index is 12.7. The first-order chi connectivity index (χ1) is 12.9. The van der Waals surface area contributed by atoms with Crippen LogP contribution < -0.4 is 4.90 Å². The third kappa shape index (κ3) is 3.57. The van der Waals surface area contributed by atoms with Crippen molar-refractivity contribution >= 4 is 38.9 Å². The second kappa shape index (κ2) is 7.19. The van der Waals surface area contributed by atoms with Crippen LogP contribution in [0.3, 0.4) is 0 Å². The van der Waals surface area contributed by atoms with Crippen LogP contribution in [0.15, 0.2) is 40.6 Å². The molecule has 1 aliphatic heterocycles. The summed E-state index contributed by atoms with van der Waals surface area (Å²) in [4.78, 5) is 1.99. The molecule has 0 aliphatic carbocycles. The Balaban J connectivity index is 1.51. The molecular formula is C16H17ClN6O2S2. The van der Waals surface area contributed by atoms with Crippen LogP contribution in [0.5, 0.6) is 0 Å². The molecule has 1 aliphatic rings. The number of piperazine rings is 1. The largest absolute Gasteiger partial charge is 0.337 e. The average Bonchev–Trinajstić information content (AvgIpc) is 3.32. The van der Waals surface area contributed by atoms with Gasteiger partial charge in [-0.25, -0.2) is 8.42 Å². The molecule has 1 fully saturated rings. The second-order valence-corrected chi connectivity index (χ2v) is 10.1. The van der Waals surface area contributed by atoms with Crippen LogP contribution in [-0.2, 0) is 10.0 Å². The van der Waals surface area contributed by atoms with Gasteiger partial charge in [-0.2, -0.15) is 8.99 Å². The average molecular weight is 425 g/mol. The summed E-state index contributed by atoms with van der Waals surface area (Å²) in [5.74, 6) is 0.607. The summed E-state index contributed by atoms with van der Waals surface area (Å²) in [5, 5.41) is 12.0. The molecular weight excluding hydrogens is 408 g/mol. The van der Waals surface area contributed by atoms with Crippen molar-refractivity contribution in [3.63, 3.8) is 0 Å². The van der Waals surface area contributed by atoms with E-state index in [1.807, 2.05) is 36.1 Å². The monoisotopic (exact) mass is 424 g/mol. The zero-order valence-corrected chi connectivity index (χ0v) is 16.9. The smallest absolute Gasteiger partial charge is 0.252 e. The van der Waals surface area contributed by atoms with Gasteiger partial charge in [0.15, 0.2) is 0 Å². The van der Waals surface area contributed by atoms with E-state index in [0.717, 1.165) is 22.6 Å². The highest BCUT2D eigenvalue weighted by molar-refractivity contribution is 7.91. The van der Waals surface area contributed by atoms with Gasteiger partial charge in [0, 0.05) is 26.2 Å². The molecule has 142 valence electrons. The van der Waals surface area contributed by atoms with Crippen molar-refractivity contribution < 1.29 is 8.42 Å². The Kier molecular flexibility index (Phi) is 4.89. The molecule has 11 heteroatoms. The number of hydrogen-bond acceptors (Lipinski definition) is 7. The lowest BCUT2D eigenvalue weighted by atomic mass is 10.2. The third-order valence-electron chi connectivity index (χ3n) is 4.40. The summed E-state index contributed by atoms with van der Waals surface area (Å²) in [6.45, 7) is 3.75. The zero-order valence-electron chi connectivity index (χ0n) is 14.5. The van der Waals surface area contributed by atoms with Crippen LogP contribution in [0.1, 0.15) is 5.56 Å². The van der Waals surface area contributed by atoms with Gasteiger partial charge in [-0.1, -0.05) is 34.4 Å². The Morgan fingerprint density at radius 3 is 2.37 bits per heavy atom. The number of nitrogens with zero attached hydrogens (tertiary/aromatic N) is 6.